The number of rotatable bonds is 6. The van der Waals surface area contributed by atoms with Crippen LogP contribution in [0.2, 0.25) is 5.02 Å². The number of nitrogens with zero attached hydrogens (tertiary/aromatic N) is 1. The first-order chi connectivity index (χ1) is 12.2. The number of pyridine rings is 1. The summed E-state index contributed by atoms with van der Waals surface area (Å²) in [5.74, 6) is -0.0591. The third-order valence-corrected chi connectivity index (χ3v) is 3.92. The van der Waals surface area contributed by atoms with E-state index in [1.165, 1.54) is 6.20 Å². The van der Waals surface area contributed by atoms with Gasteiger partial charge in [-0.1, -0.05) is 25.4 Å². The van der Waals surface area contributed by atoms with Gasteiger partial charge >= 0.3 is 6.18 Å². The number of carbonyl (C=O) groups is 1. The van der Waals surface area contributed by atoms with E-state index in [-0.39, 0.29) is 16.3 Å². The molecule has 0 bridgehead atoms. The first-order valence-electron chi connectivity index (χ1n) is 8.04. The van der Waals surface area contributed by atoms with E-state index in [1.807, 2.05) is 0 Å². The zero-order valence-electron chi connectivity index (χ0n) is 14.3. The van der Waals surface area contributed by atoms with E-state index in [4.69, 9.17) is 11.6 Å². The number of nitrogens with one attached hydrogen (secondary N) is 2. The SMILES string of the molecule is CC(C)CCNc1cncc(C(=O)Nc2cc(C(F)(F)F)ccc2Cl)c1. The molecule has 1 aromatic heterocycles. The maximum absolute atomic E-state index is 12.8. The lowest BCUT2D eigenvalue weighted by Gasteiger charge is -2.12. The fourth-order valence-corrected chi connectivity index (χ4v) is 2.32. The van der Waals surface area contributed by atoms with E-state index >= 15 is 0 Å². The summed E-state index contributed by atoms with van der Waals surface area (Å²) in [4.78, 5) is 16.3. The van der Waals surface area contributed by atoms with Gasteiger partial charge in [0.2, 0.25) is 0 Å². The molecule has 1 aromatic carbocycles. The lowest BCUT2D eigenvalue weighted by Crippen LogP contribution is -2.14. The van der Waals surface area contributed by atoms with Crippen LogP contribution in [0.3, 0.4) is 0 Å². The number of anilines is 2. The van der Waals surface area contributed by atoms with Crippen LogP contribution in [-0.2, 0) is 6.18 Å². The summed E-state index contributed by atoms with van der Waals surface area (Å²) < 4.78 is 38.4. The second kappa shape index (κ2) is 8.40. The predicted molar refractivity (Wildman–Crippen MR) is 96.6 cm³/mol. The van der Waals surface area contributed by atoms with Gasteiger partial charge in [0.15, 0.2) is 0 Å². The summed E-state index contributed by atoms with van der Waals surface area (Å²) in [6.45, 7) is 4.93. The molecule has 2 rings (SSSR count). The Kier molecular flexibility index (Phi) is 6.47. The summed E-state index contributed by atoms with van der Waals surface area (Å²) >= 11 is 5.90. The van der Waals surface area contributed by atoms with E-state index in [1.54, 1.807) is 12.3 Å². The van der Waals surface area contributed by atoms with Crippen LogP contribution in [0.4, 0.5) is 24.5 Å². The molecule has 0 aliphatic heterocycles. The van der Waals surface area contributed by atoms with Crippen molar-refractivity contribution in [2.75, 3.05) is 17.2 Å². The second-order valence-electron chi connectivity index (χ2n) is 6.22. The smallest absolute Gasteiger partial charge is 0.384 e. The van der Waals surface area contributed by atoms with Crippen LogP contribution in [0, 0.1) is 5.92 Å². The average molecular weight is 386 g/mol. The fraction of sp³-hybridized carbons (Fsp3) is 0.333. The molecule has 0 radical (unpaired) electrons. The number of hydrogen-bond donors (Lipinski definition) is 2. The molecule has 1 heterocycles. The predicted octanol–water partition coefficient (Wildman–Crippen LogP) is 5.46. The van der Waals surface area contributed by atoms with Crippen LogP contribution in [0.5, 0.6) is 0 Å². The summed E-state index contributed by atoms with van der Waals surface area (Å²) in [7, 11) is 0. The zero-order chi connectivity index (χ0) is 19.3. The molecule has 8 heteroatoms. The first-order valence-corrected chi connectivity index (χ1v) is 8.41. The number of alkyl halides is 3. The minimum atomic E-state index is -4.52. The van der Waals surface area contributed by atoms with Crippen molar-refractivity contribution in [2.45, 2.75) is 26.4 Å². The largest absolute Gasteiger partial charge is 0.416 e. The van der Waals surface area contributed by atoms with Crippen LogP contribution < -0.4 is 10.6 Å². The van der Waals surface area contributed by atoms with Gasteiger partial charge in [-0.05, 0) is 36.6 Å². The minimum absolute atomic E-state index is 0.0190. The third-order valence-electron chi connectivity index (χ3n) is 3.59. The van der Waals surface area contributed by atoms with E-state index in [9.17, 15) is 18.0 Å². The van der Waals surface area contributed by atoms with Crippen molar-refractivity contribution in [3.05, 3.63) is 52.8 Å². The molecule has 2 aromatic rings. The summed E-state index contributed by atoms with van der Waals surface area (Å²) in [5.41, 5.74) is -0.120. The van der Waals surface area contributed by atoms with Gasteiger partial charge in [-0.2, -0.15) is 13.2 Å². The maximum Gasteiger partial charge on any atom is 0.416 e. The van der Waals surface area contributed by atoms with Crippen LogP contribution in [0.1, 0.15) is 36.2 Å². The van der Waals surface area contributed by atoms with Crippen molar-refractivity contribution in [2.24, 2.45) is 5.92 Å². The normalized spacial score (nSPS) is 11.5. The number of halogens is 4. The Labute approximate surface area is 154 Å². The number of amides is 1. The average Bonchev–Trinajstić information content (AvgIpc) is 2.55. The highest BCUT2D eigenvalue weighted by molar-refractivity contribution is 6.34. The molecular formula is C18H19ClF3N3O. The molecular weight excluding hydrogens is 367 g/mol. The fourth-order valence-electron chi connectivity index (χ4n) is 2.16. The highest BCUT2D eigenvalue weighted by Gasteiger charge is 2.31. The standard InChI is InChI=1S/C18H19ClF3N3O/c1-11(2)5-6-24-14-7-12(9-23-10-14)17(26)25-16-8-13(18(20,21)22)3-4-15(16)19/h3-4,7-11,24H,5-6H2,1-2H3,(H,25,26). The monoisotopic (exact) mass is 385 g/mol. The molecule has 0 saturated heterocycles. The lowest BCUT2D eigenvalue weighted by atomic mass is 10.1. The Bertz CT molecular complexity index is 779. The first kappa shape index (κ1) is 20.0. The van der Waals surface area contributed by atoms with Gasteiger partial charge in [0.25, 0.3) is 5.91 Å². The van der Waals surface area contributed by atoms with Crippen molar-refractivity contribution >= 4 is 28.9 Å². The summed E-state index contributed by atoms with van der Waals surface area (Å²) in [6.07, 6.45) is -0.652. The summed E-state index contributed by atoms with van der Waals surface area (Å²) in [6, 6.07) is 4.35. The quantitative estimate of drug-likeness (QED) is 0.693. The van der Waals surface area contributed by atoms with Crippen molar-refractivity contribution in [1.29, 1.82) is 0 Å². The van der Waals surface area contributed by atoms with Crippen LogP contribution >= 0.6 is 11.6 Å². The van der Waals surface area contributed by atoms with Crippen LogP contribution in [-0.4, -0.2) is 17.4 Å². The molecule has 26 heavy (non-hydrogen) atoms. The third kappa shape index (κ3) is 5.62. The number of carbonyl (C=O) groups excluding carboxylic acids is 1. The molecule has 140 valence electrons. The van der Waals surface area contributed by atoms with Gasteiger partial charge in [-0.3, -0.25) is 9.78 Å². The van der Waals surface area contributed by atoms with Crippen LogP contribution in [0.15, 0.2) is 36.7 Å². The Hall–Kier alpha value is -2.28. The Morgan fingerprint density at radius 2 is 1.96 bits per heavy atom. The summed E-state index contributed by atoms with van der Waals surface area (Å²) in [5, 5.41) is 5.58. The second-order valence-corrected chi connectivity index (χ2v) is 6.63. The van der Waals surface area contributed by atoms with E-state index in [0.29, 0.717) is 11.6 Å². The van der Waals surface area contributed by atoms with E-state index < -0.39 is 17.6 Å². The molecule has 0 saturated carbocycles. The Balaban J connectivity index is 2.13. The highest BCUT2D eigenvalue weighted by atomic mass is 35.5. The number of benzene rings is 1. The number of aromatic nitrogens is 1. The van der Waals surface area contributed by atoms with E-state index in [2.05, 4.69) is 29.5 Å². The van der Waals surface area contributed by atoms with Gasteiger partial charge in [0.1, 0.15) is 0 Å². The molecule has 0 spiro atoms. The maximum atomic E-state index is 12.8. The van der Waals surface area contributed by atoms with Gasteiger partial charge in [0.05, 0.1) is 27.5 Å². The van der Waals surface area contributed by atoms with Gasteiger partial charge in [-0.25, -0.2) is 0 Å². The molecule has 0 fully saturated rings. The number of hydrogen-bond acceptors (Lipinski definition) is 3. The molecule has 2 N–H and O–H groups in total. The Morgan fingerprint density at radius 1 is 1.23 bits per heavy atom. The van der Waals surface area contributed by atoms with Gasteiger partial charge in [0, 0.05) is 18.9 Å². The molecule has 0 unspecified atom stereocenters. The van der Waals surface area contributed by atoms with Crippen molar-refractivity contribution in [3.8, 4) is 0 Å². The lowest BCUT2D eigenvalue weighted by molar-refractivity contribution is -0.137. The van der Waals surface area contributed by atoms with Crippen molar-refractivity contribution in [3.63, 3.8) is 0 Å². The molecule has 1 amide bonds. The van der Waals surface area contributed by atoms with Crippen molar-refractivity contribution in [1.82, 2.24) is 4.98 Å². The van der Waals surface area contributed by atoms with Crippen LogP contribution in [0.25, 0.3) is 0 Å². The topological polar surface area (TPSA) is 54.0 Å². The molecule has 0 aliphatic rings. The van der Waals surface area contributed by atoms with Crippen molar-refractivity contribution < 1.29 is 18.0 Å². The Morgan fingerprint density at radius 3 is 2.62 bits per heavy atom. The molecule has 0 aliphatic carbocycles. The van der Waals surface area contributed by atoms with E-state index in [0.717, 1.165) is 31.2 Å². The molecule has 0 atom stereocenters. The molecule has 4 nitrogen and oxygen atoms in total. The van der Waals surface area contributed by atoms with Gasteiger partial charge < -0.3 is 10.6 Å². The zero-order valence-corrected chi connectivity index (χ0v) is 15.1. The highest BCUT2D eigenvalue weighted by Crippen LogP contribution is 2.34. The van der Waals surface area contributed by atoms with Gasteiger partial charge in [-0.15, -0.1) is 0 Å². The minimum Gasteiger partial charge on any atom is -0.384 e.